The molecular weight excluding hydrogens is 332 g/mol. The average Bonchev–Trinajstić information content (AvgIpc) is 2.56. The van der Waals surface area contributed by atoms with Crippen molar-refractivity contribution in [1.82, 2.24) is 20.2 Å². The van der Waals surface area contributed by atoms with Gasteiger partial charge in [-0.25, -0.2) is 4.98 Å². The number of benzene rings is 1. The van der Waals surface area contributed by atoms with Gasteiger partial charge in [0, 0.05) is 20.2 Å². The fraction of sp³-hybridized carbons (Fsp3) is 0.438. The molecule has 2 rings (SSSR count). The first-order chi connectivity index (χ1) is 11.2. The minimum atomic E-state index is -0.188. The van der Waals surface area contributed by atoms with Crippen LogP contribution in [0.15, 0.2) is 29.1 Å². The van der Waals surface area contributed by atoms with Crippen molar-refractivity contribution in [1.29, 1.82) is 0 Å². The minimum Gasteiger partial charge on any atom is -0.383 e. The summed E-state index contributed by atoms with van der Waals surface area (Å²) in [5, 5.41) is 3.57. The first-order valence-electron chi connectivity index (χ1n) is 7.61. The quantitative estimate of drug-likeness (QED) is 0.689. The van der Waals surface area contributed by atoms with Crippen molar-refractivity contribution < 1.29 is 9.53 Å². The van der Waals surface area contributed by atoms with E-state index in [4.69, 9.17) is 4.74 Å². The molecule has 1 amide bonds. The summed E-state index contributed by atoms with van der Waals surface area (Å²) in [4.78, 5) is 33.1. The van der Waals surface area contributed by atoms with E-state index in [1.165, 1.54) is 0 Å². The molecule has 2 N–H and O–H groups in total. The van der Waals surface area contributed by atoms with Crippen LogP contribution in [-0.4, -0.2) is 54.1 Å². The fourth-order valence-electron chi connectivity index (χ4n) is 2.25. The number of aromatic amines is 1. The Morgan fingerprint density at radius 3 is 2.83 bits per heavy atom. The van der Waals surface area contributed by atoms with E-state index in [-0.39, 0.29) is 37.0 Å². The highest BCUT2D eigenvalue weighted by Crippen LogP contribution is 2.07. The van der Waals surface area contributed by atoms with Crippen molar-refractivity contribution in [2.45, 2.75) is 13.5 Å². The van der Waals surface area contributed by atoms with E-state index < -0.39 is 0 Å². The molecule has 0 saturated heterocycles. The van der Waals surface area contributed by atoms with Crippen LogP contribution < -0.4 is 10.9 Å². The Hall–Kier alpha value is -1.96. The first kappa shape index (κ1) is 20.1. The summed E-state index contributed by atoms with van der Waals surface area (Å²) in [5.41, 5.74) is 0.445. The minimum absolute atomic E-state index is 0. The Morgan fingerprint density at radius 2 is 2.12 bits per heavy atom. The zero-order valence-electron chi connectivity index (χ0n) is 13.9. The maximum absolute atomic E-state index is 12.2. The van der Waals surface area contributed by atoms with E-state index >= 15 is 0 Å². The molecular formula is C16H23ClN4O3. The Balaban J connectivity index is 0.00000288. The molecule has 132 valence electrons. The van der Waals surface area contributed by atoms with E-state index in [0.717, 1.165) is 0 Å². The topological polar surface area (TPSA) is 87.3 Å². The number of carbonyl (C=O) groups excluding carboxylic acids is 1. The van der Waals surface area contributed by atoms with Crippen LogP contribution >= 0.6 is 12.4 Å². The molecule has 0 unspecified atom stereocenters. The number of likely N-dealkylation sites (N-methyl/N-ethyl adjacent to an activating group) is 1. The molecule has 0 radical (unpaired) electrons. The standard InChI is InChI=1S/C16H22N4O3.ClH/c1-3-20(15(21)10-17-8-9-23-2)11-14-18-13-7-5-4-6-12(13)16(22)19-14;/h4-7,17H,3,8-11H2,1-2H3,(H,18,19,22);1H. The second-order valence-corrected chi connectivity index (χ2v) is 5.11. The van der Waals surface area contributed by atoms with Gasteiger partial charge in [0.2, 0.25) is 5.91 Å². The molecule has 8 heteroatoms. The predicted octanol–water partition coefficient (Wildman–Crippen LogP) is 0.929. The van der Waals surface area contributed by atoms with Gasteiger partial charge in [-0.2, -0.15) is 0 Å². The summed E-state index contributed by atoms with van der Waals surface area (Å²) in [6.07, 6.45) is 0. The van der Waals surface area contributed by atoms with Crippen LogP contribution in [0.1, 0.15) is 12.7 Å². The second kappa shape index (κ2) is 10.0. The number of nitrogens with one attached hydrogen (secondary N) is 2. The lowest BCUT2D eigenvalue weighted by Crippen LogP contribution is -2.39. The number of rotatable bonds is 8. The number of hydrogen-bond acceptors (Lipinski definition) is 5. The van der Waals surface area contributed by atoms with Crippen molar-refractivity contribution in [3.8, 4) is 0 Å². The van der Waals surface area contributed by atoms with Crippen LogP contribution in [0.5, 0.6) is 0 Å². The molecule has 0 fully saturated rings. The van der Waals surface area contributed by atoms with E-state index in [9.17, 15) is 9.59 Å². The zero-order chi connectivity index (χ0) is 16.7. The highest BCUT2D eigenvalue weighted by molar-refractivity contribution is 5.85. The van der Waals surface area contributed by atoms with Gasteiger partial charge < -0.3 is 19.9 Å². The largest absolute Gasteiger partial charge is 0.383 e. The third kappa shape index (κ3) is 5.30. The number of para-hydroxylation sites is 1. The molecule has 0 aliphatic heterocycles. The van der Waals surface area contributed by atoms with Crippen LogP contribution in [0.4, 0.5) is 0 Å². The molecule has 0 aliphatic carbocycles. The van der Waals surface area contributed by atoms with Gasteiger partial charge in [-0.3, -0.25) is 9.59 Å². The van der Waals surface area contributed by atoms with Gasteiger partial charge in [-0.1, -0.05) is 12.1 Å². The van der Waals surface area contributed by atoms with Gasteiger partial charge in [-0.15, -0.1) is 12.4 Å². The number of ether oxygens (including phenoxy) is 1. The molecule has 24 heavy (non-hydrogen) atoms. The van der Waals surface area contributed by atoms with Gasteiger partial charge in [0.05, 0.1) is 30.6 Å². The molecule has 2 aromatic rings. The monoisotopic (exact) mass is 354 g/mol. The molecule has 0 atom stereocenters. The number of fused-ring (bicyclic) bond motifs is 1. The van der Waals surface area contributed by atoms with Crippen molar-refractivity contribution in [2.75, 3.05) is 33.4 Å². The smallest absolute Gasteiger partial charge is 0.258 e. The van der Waals surface area contributed by atoms with E-state index in [1.54, 1.807) is 30.2 Å². The number of nitrogens with zero attached hydrogens (tertiary/aromatic N) is 2. The SMILES string of the molecule is CCN(Cc1nc2ccccc2c(=O)[nH]1)C(=O)CNCCOC.Cl. The molecule has 1 aromatic heterocycles. The predicted molar refractivity (Wildman–Crippen MR) is 95.4 cm³/mol. The highest BCUT2D eigenvalue weighted by atomic mass is 35.5. The highest BCUT2D eigenvalue weighted by Gasteiger charge is 2.13. The van der Waals surface area contributed by atoms with Crippen molar-refractivity contribution in [3.63, 3.8) is 0 Å². The Labute approximate surface area is 146 Å². The number of H-pyrrole nitrogens is 1. The van der Waals surface area contributed by atoms with Gasteiger partial charge in [0.25, 0.3) is 5.56 Å². The van der Waals surface area contributed by atoms with Crippen LogP contribution in [0.2, 0.25) is 0 Å². The van der Waals surface area contributed by atoms with Gasteiger partial charge in [0.1, 0.15) is 5.82 Å². The average molecular weight is 355 g/mol. The number of carbonyl (C=O) groups is 1. The molecule has 1 heterocycles. The fourth-order valence-corrected chi connectivity index (χ4v) is 2.25. The maximum Gasteiger partial charge on any atom is 0.258 e. The van der Waals surface area contributed by atoms with Crippen LogP contribution in [0.3, 0.4) is 0 Å². The van der Waals surface area contributed by atoms with E-state index in [0.29, 0.717) is 36.4 Å². The summed E-state index contributed by atoms with van der Waals surface area (Å²) in [6, 6.07) is 7.15. The molecule has 0 aliphatic rings. The molecule has 1 aromatic carbocycles. The molecule has 0 bridgehead atoms. The first-order valence-corrected chi connectivity index (χ1v) is 7.61. The van der Waals surface area contributed by atoms with Crippen LogP contribution in [0, 0.1) is 0 Å². The van der Waals surface area contributed by atoms with E-state index in [1.807, 2.05) is 13.0 Å². The summed E-state index contributed by atoms with van der Waals surface area (Å²) in [6.45, 7) is 4.12. The van der Waals surface area contributed by atoms with Crippen LogP contribution in [0.25, 0.3) is 10.9 Å². The Morgan fingerprint density at radius 1 is 1.38 bits per heavy atom. The third-order valence-corrected chi connectivity index (χ3v) is 3.50. The second-order valence-electron chi connectivity index (χ2n) is 5.11. The Bertz CT molecular complexity index is 720. The number of halogens is 1. The molecule has 0 saturated carbocycles. The van der Waals surface area contributed by atoms with Crippen LogP contribution in [-0.2, 0) is 16.1 Å². The third-order valence-electron chi connectivity index (χ3n) is 3.50. The lowest BCUT2D eigenvalue weighted by molar-refractivity contribution is -0.130. The number of aromatic nitrogens is 2. The molecule has 7 nitrogen and oxygen atoms in total. The zero-order valence-corrected chi connectivity index (χ0v) is 14.7. The summed E-state index contributed by atoms with van der Waals surface area (Å²) < 4.78 is 4.92. The van der Waals surface area contributed by atoms with Crippen molar-refractivity contribution in [3.05, 3.63) is 40.4 Å². The number of amides is 1. The van der Waals surface area contributed by atoms with Crippen molar-refractivity contribution >= 4 is 29.2 Å². The Kier molecular flexibility index (Phi) is 8.39. The maximum atomic E-state index is 12.2. The summed E-state index contributed by atoms with van der Waals surface area (Å²) >= 11 is 0. The number of hydrogen-bond donors (Lipinski definition) is 2. The lowest BCUT2D eigenvalue weighted by Gasteiger charge is -2.20. The summed E-state index contributed by atoms with van der Waals surface area (Å²) in [7, 11) is 1.61. The van der Waals surface area contributed by atoms with Gasteiger partial charge >= 0.3 is 0 Å². The van der Waals surface area contributed by atoms with E-state index in [2.05, 4.69) is 15.3 Å². The number of methoxy groups -OCH3 is 1. The normalized spacial score (nSPS) is 10.4. The lowest BCUT2D eigenvalue weighted by atomic mass is 10.2. The van der Waals surface area contributed by atoms with Gasteiger partial charge in [0.15, 0.2) is 0 Å². The molecule has 0 spiro atoms. The van der Waals surface area contributed by atoms with Crippen molar-refractivity contribution in [2.24, 2.45) is 0 Å². The summed E-state index contributed by atoms with van der Waals surface area (Å²) in [5.74, 6) is 0.445. The van der Waals surface area contributed by atoms with Gasteiger partial charge in [-0.05, 0) is 19.1 Å².